The van der Waals surface area contributed by atoms with Gasteiger partial charge in [-0.15, -0.1) is 0 Å². The zero-order valence-corrected chi connectivity index (χ0v) is 11.8. The monoisotopic (exact) mass is 270 g/mol. The van der Waals surface area contributed by atoms with Gasteiger partial charge in [0.1, 0.15) is 0 Å². The molecule has 4 nitrogen and oxygen atoms in total. The molecule has 0 spiro atoms. The molecule has 1 saturated heterocycles. The number of likely N-dealkylation sites (tertiary alicyclic amines) is 1. The van der Waals surface area contributed by atoms with E-state index < -0.39 is 0 Å². The number of pyridine rings is 1. The molecule has 1 aromatic carbocycles. The molecular formula is C16H22N4. The lowest BCUT2D eigenvalue weighted by molar-refractivity contribution is 0.159. The Kier molecular flexibility index (Phi) is 3.70. The minimum Gasteiger partial charge on any atom is -0.329 e. The summed E-state index contributed by atoms with van der Waals surface area (Å²) in [7, 11) is 0. The van der Waals surface area contributed by atoms with Crippen LogP contribution in [0.3, 0.4) is 0 Å². The van der Waals surface area contributed by atoms with Gasteiger partial charge < -0.3 is 11.5 Å². The van der Waals surface area contributed by atoms with E-state index in [2.05, 4.69) is 28.1 Å². The Morgan fingerprint density at radius 3 is 2.70 bits per heavy atom. The van der Waals surface area contributed by atoms with E-state index in [4.69, 9.17) is 11.5 Å². The Morgan fingerprint density at radius 2 is 1.95 bits per heavy atom. The summed E-state index contributed by atoms with van der Waals surface area (Å²) in [5.41, 5.74) is 14.1. The van der Waals surface area contributed by atoms with Crippen LogP contribution in [0.1, 0.15) is 18.4 Å². The molecule has 2 heterocycles. The van der Waals surface area contributed by atoms with Crippen LogP contribution < -0.4 is 11.5 Å². The third-order valence-electron chi connectivity index (χ3n) is 4.31. The number of hydrogen-bond donors (Lipinski definition) is 2. The van der Waals surface area contributed by atoms with Gasteiger partial charge in [0.05, 0.1) is 5.52 Å². The third-order valence-corrected chi connectivity index (χ3v) is 4.31. The van der Waals surface area contributed by atoms with Gasteiger partial charge in [-0.3, -0.25) is 9.88 Å². The summed E-state index contributed by atoms with van der Waals surface area (Å²) >= 11 is 0. The molecule has 0 radical (unpaired) electrons. The van der Waals surface area contributed by atoms with Crippen molar-refractivity contribution < 1.29 is 0 Å². The van der Waals surface area contributed by atoms with Gasteiger partial charge in [0, 0.05) is 43.3 Å². The Bertz CT molecular complexity index is 588. The van der Waals surface area contributed by atoms with Crippen LogP contribution in [0.15, 0.2) is 36.5 Å². The lowest BCUT2D eigenvalue weighted by atomic mass is 9.89. The second-order valence-electron chi connectivity index (χ2n) is 5.88. The van der Waals surface area contributed by atoms with E-state index >= 15 is 0 Å². The van der Waals surface area contributed by atoms with Crippen molar-refractivity contribution in [1.82, 2.24) is 9.88 Å². The summed E-state index contributed by atoms with van der Waals surface area (Å²) < 4.78 is 0. The summed E-state index contributed by atoms with van der Waals surface area (Å²) in [6, 6.07) is 10.5. The summed E-state index contributed by atoms with van der Waals surface area (Å²) in [5, 5.41) is 1.21. The lowest BCUT2D eigenvalue weighted by Crippen LogP contribution is -2.54. The summed E-state index contributed by atoms with van der Waals surface area (Å²) in [4.78, 5) is 6.96. The number of nitrogens with zero attached hydrogens (tertiary/aromatic N) is 2. The average Bonchev–Trinajstić information content (AvgIpc) is 2.50. The molecule has 0 amide bonds. The molecule has 1 aliphatic heterocycles. The van der Waals surface area contributed by atoms with Gasteiger partial charge in [0.15, 0.2) is 0 Å². The van der Waals surface area contributed by atoms with Crippen LogP contribution in [0.5, 0.6) is 0 Å². The van der Waals surface area contributed by atoms with Gasteiger partial charge in [-0.1, -0.05) is 18.2 Å². The standard InChI is InChI=1S/C16H22N4/c17-12-16(18)5-7-20(8-6-16)11-13-9-14-3-1-2-4-15(14)19-10-13/h1-4,9-10H,5-8,11-12,17-18H2. The van der Waals surface area contributed by atoms with Crippen LogP contribution in [0.4, 0.5) is 0 Å². The van der Waals surface area contributed by atoms with E-state index in [-0.39, 0.29) is 5.54 Å². The highest BCUT2D eigenvalue weighted by molar-refractivity contribution is 5.78. The van der Waals surface area contributed by atoms with Crippen molar-refractivity contribution in [3.05, 3.63) is 42.1 Å². The molecule has 2 aromatic rings. The minimum atomic E-state index is -0.155. The van der Waals surface area contributed by atoms with Crippen LogP contribution in [0.25, 0.3) is 10.9 Å². The van der Waals surface area contributed by atoms with E-state index in [1.165, 1.54) is 10.9 Å². The fourth-order valence-corrected chi connectivity index (χ4v) is 2.82. The Balaban J connectivity index is 1.68. The van der Waals surface area contributed by atoms with Gasteiger partial charge in [-0.05, 0) is 30.5 Å². The second-order valence-corrected chi connectivity index (χ2v) is 5.88. The first kappa shape index (κ1) is 13.5. The molecule has 1 aliphatic rings. The number of para-hydroxylation sites is 1. The molecule has 1 fully saturated rings. The molecule has 0 atom stereocenters. The lowest BCUT2D eigenvalue weighted by Gasteiger charge is -2.38. The van der Waals surface area contributed by atoms with E-state index in [0.29, 0.717) is 6.54 Å². The Labute approximate surface area is 119 Å². The second kappa shape index (κ2) is 5.48. The highest BCUT2D eigenvalue weighted by Crippen LogP contribution is 2.21. The van der Waals surface area contributed by atoms with Gasteiger partial charge in [-0.2, -0.15) is 0 Å². The number of benzene rings is 1. The smallest absolute Gasteiger partial charge is 0.0702 e. The van der Waals surface area contributed by atoms with Crippen molar-refractivity contribution in [1.29, 1.82) is 0 Å². The van der Waals surface area contributed by atoms with Crippen molar-refractivity contribution in [2.24, 2.45) is 11.5 Å². The first-order valence-electron chi connectivity index (χ1n) is 7.24. The molecular weight excluding hydrogens is 248 g/mol. The summed E-state index contributed by atoms with van der Waals surface area (Å²) in [6.45, 7) is 3.55. The predicted octanol–water partition coefficient (Wildman–Crippen LogP) is 1.49. The van der Waals surface area contributed by atoms with Crippen LogP contribution in [0, 0.1) is 0 Å². The van der Waals surface area contributed by atoms with Crippen molar-refractivity contribution in [2.75, 3.05) is 19.6 Å². The fourth-order valence-electron chi connectivity index (χ4n) is 2.82. The summed E-state index contributed by atoms with van der Waals surface area (Å²) in [5.74, 6) is 0. The molecule has 0 bridgehead atoms. The maximum absolute atomic E-state index is 6.22. The quantitative estimate of drug-likeness (QED) is 0.886. The maximum atomic E-state index is 6.22. The van der Waals surface area contributed by atoms with Crippen LogP contribution in [0.2, 0.25) is 0 Å². The van der Waals surface area contributed by atoms with Crippen LogP contribution >= 0.6 is 0 Å². The Hall–Kier alpha value is -1.49. The SMILES string of the molecule is NCC1(N)CCN(Cc2cnc3ccccc3c2)CC1. The number of piperidine rings is 1. The predicted molar refractivity (Wildman–Crippen MR) is 82.2 cm³/mol. The van der Waals surface area contributed by atoms with E-state index in [9.17, 15) is 0 Å². The van der Waals surface area contributed by atoms with E-state index in [1.54, 1.807) is 0 Å². The van der Waals surface area contributed by atoms with Crippen molar-refractivity contribution in [3.63, 3.8) is 0 Å². The molecule has 0 aliphatic carbocycles. The third kappa shape index (κ3) is 2.82. The van der Waals surface area contributed by atoms with Gasteiger partial charge in [0.25, 0.3) is 0 Å². The molecule has 4 heteroatoms. The first-order valence-corrected chi connectivity index (χ1v) is 7.24. The number of rotatable bonds is 3. The Morgan fingerprint density at radius 1 is 1.20 bits per heavy atom. The van der Waals surface area contributed by atoms with E-state index in [0.717, 1.165) is 38.0 Å². The zero-order valence-electron chi connectivity index (χ0n) is 11.8. The molecule has 20 heavy (non-hydrogen) atoms. The normalized spacial score (nSPS) is 19.3. The fraction of sp³-hybridized carbons (Fsp3) is 0.438. The molecule has 0 saturated carbocycles. The highest BCUT2D eigenvalue weighted by Gasteiger charge is 2.29. The van der Waals surface area contributed by atoms with E-state index in [1.807, 2.05) is 18.3 Å². The van der Waals surface area contributed by atoms with Crippen LogP contribution in [-0.2, 0) is 6.54 Å². The van der Waals surface area contributed by atoms with Crippen LogP contribution in [-0.4, -0.2) is 35.1 Å². The molecule has 0 unspecified atom stereocenters. The first-order chi connectivity index (χ1) is 9.68. The number of fused-ring (bicyclic) bond motifs is 1. The van der Waals surface area contributed by atoms with Crippen molar-refractivity contribution in [3.8, 4) is 0 Å². The van der Waals surface area contributed by atoms with Gasteiger partial charge in [0.2, 0.25) is 0 Å². The number of hydrogen-bond acceptors (Lipinski definition) is 4. The van der Waals surface area contributed by atoms with Gasteiger partial charge in [-0.25, -0.2) is 0 Å². The molecule has 106 valence electrons. The van der Waals surface area contributed by atoms with Crippen molar-refractivity contribution >= 4 is 10.9 Å². The number of aromatic nitrogens is 1. The summed E-state index contributed by atoms with van der Waals surface area (Å²) in [6.07, 6.45) is 3.94. The van der Waals surface area contributed by atoms with Gasteiger partial charge >= 0.3 is 0 Å². The molecule has 4 N–H and O–H groups in total. The minimum absolute atomic E-state index is 0.155. The van der Waals surface area contributed by atoms with Crippen molar-refractivity contribution in [2.45, 2.75) is 24.9 Å². The number of nitrogens with two attached hydrogens (primary N) is 2. The topological polar surface area (TPSA) is 68.2 Å². The molecule has 3 rings (SSSR count). The maximum Gasteiger partial charge on any atom is 0.0702 e. The highest BCUT2D eigenvalue weighted by atomic mass is 15.1. The average molecular weight is 270 g/mol. The zero-order chi connectivity index (χ0) is 14.0. The molecule has 1 aromatic heterocycles. The largest absolute Gasteiger partial charge is 0.329 e.